The average molecular weight is 503 g/mol. The molecule has 7 heteroatoms. The van der Waals surface area contributed by atoms with E-state index < -0.39 is 23.6 Å². The van der Waals surface area contributed by atoms with Crippen LogP contribution in [0, 0.1) is 12.5 Å². The SMILES string of the molecule is [C-]#[N+]C1(O)CCC[C@@H]1C(=O)N(c1ccc(C(C)(C)C)cc1)C(C(=O)NC1CCCCC1)c1cccnc1. The Balaban J connectivity index is 1.80. The fourth-order valence-corrected chi connectivity index (χ4v) is 5.60. The third-order valence-corrected chi connectivity index (χ3v) is 7.79. The van der Waals surface area contributed by atoms with E-state index in [2.05, 4.69) is 35.9 Å². The normalized spacial score (nSPS) is 23.2. The third kappa shape index (κ3) is 5.86. The van der Waals surface area contributed by atoms with E-state index in [9.17, 15) is 14.7 Å². The minimum atomic E-state index is -1.76. The van der Waals surface area contributed by atoms with Crippen LogP contribution in [-0.4, -0.2) is 33.7 Å². The maximum atomic E-state index is 14.2. The van der Waals surface area contributed by atoms with Crippen molar-refractivity contribution in [3.05, 3.63) is 71.3 Å². The molecule has 2 fully saturated rings. The van der Waals surface area contributed by atoms with Crippen molar-refractivity contribution in [3.63, 3.8) is 0 Å². The number of aliphatic hydroxyl groups is 1. The molecule has 2 aliphatic rings. The number of carbonyl (C=O) groups is 2. The molecule has 0 aliphatic heterocycles. The van der Waals surface area contributed by atoms with Crippen LogP contribution in [0.4, 0.5) is 5.69 Å². The number of hydrogen-bond donors (Lipinski definition) is 2. The highest BCUT2D eigenvalue weighted by Crippen LogP contribution is 2.41. The quantitative estimate of drug-likeness (QED) is 0.524. The summed E-state index contributed by atoms with van der Waals surface area (Å²) in [5, 5.41) is 14.2. The van der Waals surface area contributed by atoms with E-state index in [-0.39, 0.29) is 23.8 Å². The maximum Gasteiger partial charge on any atom is 0.346 e. The van der Waals surface area contributed by atoms with E-state index in [1.54, 1.807) is 24.5 Å². The van der Waals surface area contributed by atoms with Gasteiger partial charge in [0.1, 0.15) is 12.0 Å². The van der Waals surface area contributed by atoms with Crippen LogP contribution in [0.3, 0.4) is 0 Å². The molecule has 4 rings (SSSR count). The molecule has 196 valence electrons. The molecule has 2 N–H and O–H groups in total. The van der Waals surface area contributed by atoms with Crippen molar-refractivity contribution < 1.29 is 14.7 Å². The highest BCUT2D eigenvalue weighted by Gasteiger charge is 2.54. The summed E-state index contributed by atoms with van der Waals surface area (Å²) in [4.78, 5) is 37.4. The van der Waals surface area contributed by atoms with Crippen LogP contribution in [0.5, 0.6) is 0 Å². The first-order valence-corrected chi connectivity index (χ1v) is 13.4. The average Bonchev–Trinajstić information content (AvgIpc) is 3.29. The second-order valence-electron chi connectivity index (χ2n) is 11.5. The van der Waals surface area contributed by atoms with Crippen LogP contribution in [-0.2, 0) is 15.0 Å². The van der Waals surface area contributed by atoms with Gasteiger partial charge in [-0.1, -0.05) is 58.2 Å². The number of carbonyl (C=O) groups excluding carboxylic acids is 2. The molecule has 2 unspecified atom stereocenters. The number of anilines is 1. The number of aromatic nitrogens is 1. The molecule has 0 bridgehead atoms. The summed E-state index contributed by atoms with van der Waals surface area (Å²) in [6.07, 6.45) is 9.62. The lowest BCUT2D eigenvalue weighted by atomic mass is 9.87. The Labute approximate surface area is 220 Å². The second kappa shape index (κ2) is 11.0. The van der Waals surface area contributed by atoms with Crippen LogP contribution in [0.1, 0.15) is 89.3 Å². The number of hydrogen-bond acceptors (Lipinski definition) is 4. The molecule has 0 radical (unpaired) electrons. The Morgan fingerprint density at radius 1 is 1.11 bits per heavy atom. The first-order chi connectivity index (χ1) is 17.6. The lowest BCUT2D eigenvalue weighted by Crippen LogP contribution is -2.51. The zero-order chi connectivity index (χ0) is 26.6. The van der Waals surface area contributed by atoms with Crippen LogP contribution in [0.2, 0.25) is 0 Å². The van der Waals surface area contributed by atoms with Gasteiger partial charge >= 0.3 is 5.72 Å². The van der Waals surface area contributed by atoms with Crippen LogP contribution in [0.15, 0.2) is 48.8 Å². The largest absolute Gasteiger partial charge is 0.351 e. The smallest absolute Gasteiger partial charge is 0.346 e. The Bertz CT molecular complexity index is 1130. The van der Waals surface area contributed by atoms with Gasteiger partial charge in [0, 0.05) is 29.7 Å². The van der Waals surface area contributed by atoms with Gasteiger partial charge in [0.2, 0.25) is 11.8 Å². The molecule has 7 nitrogen and oxygen atoms in total. The monoisotopic (exact) mass is 502 g/mol. The Kier molecular flexibility index (Phi) is 7.99. The number of pyridine rings is 1. The van der Waals surface area contributed by atoms with Crippen LogP contribution >= 0.6 is 0 Å². The number of nitrogens with zero attached hydrogens (tertiary/aromatic N) is 3. The molecule has 2 aromatic rings. The lowest BCUT2D eigenvalue weighted by molar-refractivity contribution is -0.132. The van der Waals surface area contributed by atoms with Crippen molar-refractivity contribution in [2.24, 2.45) is 5.92 Å². The van der Waals surface area contributed by atoms with Crippen molar-refractivity contribution in [2.75, 3.05) is 4.90 Å². The number of rotatable bonds is 6. The zero-order valence-electron chi connectivity index (χ0n) is 22.1. The van der Waals surface area contributed by atoms with Crippen molar-refractivity contribution in [1.82, 2.24) is 10.3 Å². The molecule has 2 amide bonds. The minimum absolute atomic E-state index is 0.0623. The zero-order valence-corrected chi connectivity index (χ0v) is 22.1. The first-order valence-electron chi connectivity index (χ1n) is 13.4. The fourth-order valence-electron chi connectivity index (χ4n) is 5.60. The van der Waals surface area contributed by atoms with Gasteiger partial charge in [0.25, 0.3) is 0 Å². The number of amides is 2. The third-order valence-electron chi connectivity index (χ3n) is 7.79. The predicted octanol–water partition coefficient (Wildman–Crippen LogP) is 5.31. The van der Waals surface area contributed by atoms with Crippen LogP contribution in [0.25, 0.3) is 4.85 Å². The minimum Gasteiger partial charge on any atom is -0.351 e. The molecular weight excluding hydrogens is 464 g/mol. The van der Waals surface area contributed by atoms with Gasteiger partial charge in [0.05, 0.1) is 6.42 Å². The fraction of sp³-hybridized carbons (Fsp3) is 0.533. The number of benzene rings is 1. The summed E-state index contributed by atoms with van der Waals surface area (Å²) in [5.74, 6) is -1.58. The second-order valence-corrected chi connectivity index (χ2v) is 11.5. The van der Waals surface area contributed by atoms with Crippen molar-refractivity contribution in [1.29, 1.82) is 0 Å². The summed E-state index contributed by atoms with van der Waals surface area (Å²) in [6.45, 7) is 14.0. The Morgan fingerprint density at radius 2 is 1.81 bits per heavy atom. The Morgan fingerprint density at radius 3 is 2.41 bits per heavy atom. The molecule has 0 saturated heterocycles. The summed E-state index contributed by atoms with van der Waals surface area (Å²) < 4.78 is 0. The van der Waals surface area contributed by atoms with Crippen molar-refractivity contribution in [2.45, 2.75) is 95.4 Å². The topological polar surface area (TPSA) is 86.9 Å². The first kappa shape index (κ1) is 26.8. The molecule has 37 heavy (non-hydrogen) atoms. The van der Waals surface area contributed by atoms with Crippen molar-refractivity contribution in [3.8, 4) is 0 Å². The van der Waals surface area contributed by atoms with Crippen LogP contribution < -0.4 is 10.2 Å². The molecule has 1 heterocycles. The molecule has 1 aromatic carbocycles. The molecule has 2 aliphatic carbocycles. The van der Waals surface area contributed by atoms with E-state index in [4.69, 9.17) is 6.57 Å². The van der Waals surface area contributed by atoms with Gasteiger partial charge in [-0.15, -0.1) is 0 Å². The summed E-state index contributed by atoms with van der Waals surface area (Å²) in [6, 6.07) is 10.3. The molecular formula is C30H38N4O3. The summed E-state index contributed by atoms with van der Waals surface area (Å²) >= 11 is 0. The summed E-state index contributed by atoms with van der Waals surface area (Å²) in [7, 11) is 0. The highest BCUT2D eigenvalue weighted by molar-refractivity contribution is 6.03. The van der Waals surface area contributed by atoms with E-state index in [1.165, 1.54) is 11.3 Å². The Hall–Kier alpha value is -3.24. The summed E-state index contributed by atoms with van der Waals surface area (Å²) in [5.41, 5.74) is 0.412. The van der Waals surface area contributed by atoms with E-state index in [0.29, 0.717) is 24.1 Å². The van der Waals surface area contributed by atoms with Crippen molar-refractivity contribution >= 4 is 17.5 Å². The molecule has 0 spiro atoms. The van der Waals surface area contributed by atoms with Gasteiger partial charge in [-0.2, -0.15) is 0 Å². The standard InChI is InChI=1S/C30H38N4O3/c1-29(2,3)22-14-16-24(17-15-22)34(28(36)25-13-8-18-30(25,37)31-4)26(21-10-9-19-32-20-21)27(35)33-23-11-6-5-7-12-23/h9-10,14-17,19-20,23,25-26,37H,5-8,11-13,18H2,1-3H3,(H,33,35)/t25-,26?,30?/m1/s1. The number of nitrogens with one attached hydrogen (secondary N) is 1. The molecule has 2 saturated carbocycles. The van der Waals surface area contributed by atoms with Gasteiger partial charge in [0.15, 0.2) is 0 Å². The predicted molar refractivity (Wildman–Crippen MR) is 144 cm³/mol. The molecule has 3 atom stereocenters. The highest BCUT2D eigenvalue weighted by atomic mass is 16.3. The maximum absolute atomic E-state index is 14.2. The molecule has 1 aromatic heterocycles. The van der Waals surface area contributed by atoms with E-state index in [0.717, 1.165) is 31.2 Å². The van der Waals surface area contributed by atoms with Gasteiger partial charge in [-0.3, -0.25) is 24.3 Å². The van der Waals surface area contributed by atoms with E-state index >= 15 is 0 Å². The van der Waals surface area contributed by atoms with E-state index in [1.807, 2.05) is 24.3 Å². The van der Waals surface area contributed by atoms with Gasteiger partial charge in [-0.25, -0.2) is 6.57 Å². The lowest BCUT2D eigenvalue weighted by Gasteiger charge is -2.35. The van der Waals surface area contributed by atoms with Gasteiger partial charge < -0.3 is 10.4 Å². The van der Waals surface area contributed by atoms with Gasteiger partial charge in [-0.05, 0) is 54.9 Å².